The molecule has 0 unspecified atom stereocenters. The lowest BCUT2D eigenvalue weighted by molar-refractivity contribution is -0.115. The van der Waals surface area contributed by atoms with Gasteiger partial charge >= 0.3 is 0 Å². The van der Waals surface area contributed by atoms with Crippen LogP contribution in [-0.4, -0.2) is 57.3 Å². The Hall–Kier alpha value is -3.66. The summed E-state index contributed by atoms with van der Waals surface area (Å²) >= 11 is 0. The lowest BCUT2D eigenvalue weighted by Gasteiger charge is -2.22. The molecule has 2 amide bonds. The van der Waals surface area contributed by atoms with Gasteiger partial charge in [-0.2, -0.15) is 5.10 Å². The minimum Gasteiger partial charge on any atom is -0.381 e. The van der Waals surface area contributed by atoms with Gasteiger partial charge in [0.1, 0.15) is 0 Å². The lowest BCUT2D eigenvalue weighted by Crippen LogP contribution is -2.18. The van der Waals surface area contributed by atoms with Crippen LogP contribution in [0.25, 0.3) is 0 Å². The smallest absolute Gasteiger partial charge is 0.273 e. The number of ether oxygens (including phenoxy) is 1. The van der Waals surface area contributed by atoms with E-state index in [0.29, 0.717) is 30.4 Å². The third-order valence-electron chi connectivity index (χ3n) is 6.06. The predicted octanol–water partition coefficient (Wildman–Crippen LogP) is 2.53. The first-order valence-electron chi connectivity index (χ1n) is 12.0. The fourth-order valence-corrected chi connectivity index (χ4v) is 4.14. The van der Waals surface area contributed by atoms with Crippen molar-refractivity contribution >= 4 is 17.6 Å². The van der Waals surface area contributed by atoms with Crippen LogP contribution in [-0.2, 0) is 28.9 Å². The molecule has 1 aliphatic rings. The molecule has 1 fully saturated rings. The van der Waals surface area contributed by atoms with Crippen molar-refractivity contribution in [2.24, 2.45) is 0 Å². The van der Waals surface area contributed by atoms with E-state index in [1.807, 2.05) is 18.2 Å². The summed E-state index contributed by atoms with van der Waals surface area (Å²) < 4.78 is 7.11. The van der Waals surface area contributed by atoms with E-state index in [1.54, 1.807) is 24.0 Å². The average Bonchev–Trinajstić information content (AvgIpc) is 3.37. The summed E-state index contributed by atoms with van der Waals surface area (Å²) in [6.07, 6.45) is 6.49. The highest BCUT2D eigenvalue weighted by molar-refractivity contribution is 5.91. The van der Waals surface area contributed by atoms with Crippen LogP contribution in [0.2, 0.25) is 0 Å². The van der Waals surface area contributed by atoms with Crippen molar-refractivity contribution in [1.29, 1.82) is 0 Å². The van der Waals surface area contributed by atoms with Gasteiger partial charge in [-0.15, -0.1) is 10.2 Å². The molecule has 10 heteroatoms. The van der Waals surface area contributed by atoms with Crippen LogP contribution in [0, 0.1) is 0 Å². The van der Waals surface area contributed by atoms with Crippen LogP contribution in [0.1, 0.15) is 58.9 Å². The summed E-state index contributed by atoms with van der Waals surface area (Å²) in [7, 11) is 1.56. The summed E-state index contributed by atoms with van der Waals surface area (Å²) in [5.41, 5.74) is 3.43. The van der Waals surface area contributed by atoms with Gasteiger partial charge in [0.15, 0.2) is 11.5 Å². The summed E-state index contributed by atoms with van der Waals surface area (Å²) in [6, 6.07) is 11.9. The van der Waals surface area contributed by atoms with Gasteiger partial charge < -0.3 is 15.4 Å². The number of benzene rings is 1. The number of aryl methyl sites for hydroxylation is 2. The average molecular weight is 478 g/mol. The quantitative estimate of drug-likeness (QED) is 0.430. The summed E-state index contributed by atoms with van der Waals surface area (Å²) in [5.74, 6) is 0.590. The zero-order valence-electron chi connectivity index (χ0n) is 19.9. The number of nitrogens with zero attached hydrogens (tertiary/aromatic N) is 5. The molecule has 3 heterocycles. The van der Waals surface area contributed by atoms with Gasteiger partial charge in [-0.1, -0.05) is 29.5 Å². The molecule has 0 saturated carbocycles. The second kappa shape index (κ2) is 12.2. The number of hydrogen-bond donors (Lipinski definition) is 2. The molecule has 2 aromatic heterocycles. The molecule has 35 heavy (non-hydrogen) atoms. The number of carbonyl (C=O) groups is 2. The normalized spacial score (nSPS) is 14.0. The Morgan fingerprint density at radius 2 is 1.94 bits per heavy atom. The minimum absolute atomic E-state index is 0.111. The molecule has 0 aliphatic carbocycles. The van der Waals surface area contributed by atoms with Crippen molar-refractivity contribution in [3.05, 3.63) is 65.1 Å². The fraction of sp³-hybridized carbons (Fsp3) is 0.440. The standard InChI is InChI=1S/C25H31N7O3/c1-26-25(34)22-17-32(31-29-22)12-3-2-7-21-8-9-23(30-28-21)27-24(33)16-18-5-4-6-20(15-18)19-10-13-35-14-11-19/h4-6,8-9,15,17,19H,2-3,7,10-14,16H2,1H3,(H,26,34)(H,27,30,33). The topological polar surface area (TPSA) is 124 Å². The molecule has 1 aliphatic heterocycles. The van der Waals surface area contributed by atoms with E-state index in [4.69, 9.17) is 4.74 Å². The summed E-state index contributed by atoms with van der Waals surface area (Å²) in [5, 5.41) is 21.6. The van der Waals surface area contributed by atoms with E-state index < -0.39 is 0 Å². The third-order valence-corrected chi connectivity index (χ3v) is 6.06. The monoisotopic (exact) mass is 477 g/mol. The first-order chi connectivity index (χ1) is 17.1. The van der Waals surface area contributed by atoms with E-state index in [0.717, 1.165) is 56.6 Å². The summed E-state index contributed by atoms with van der Waals surface area (Å²) in [4.78, 5) is 24.1. The predicted molar refractivity (Wildman–Crippen MR) is 130 cm³/mol. The number of amides is 2. The molecule has 1 saturated heterocycles. The summed E-state index contributed by atoms with van der Waals surface area (Å²) in [6.45, 7) is 2.26. The van der Waals surface area contributed by atoms with Crippen molar-refractivity contribution in [3.63, 3.8) is 0 Å². The minimum atomic E-state index is -0.248. The van der Waals surface area contributed by atoms with Crippen LogP contribution in [0.15, 0.2) is 42.6 Å². The maximum absolute atomic E-state index is 12.5. The second-order valence-corrected chi connectivity index (χ2v) is 8.67. The molecular weight excluding hydrogens is 446 g/mol. The number of hydrogen-bond acceptors (Lipinski definition) is 7. The first kappa shape index (κ1) is 24.5. The van der Waals surface area contributed by atoms with Gasteiger partial charge in [-0.25, -0.2) is 0 Å². The number of carbonyl (C=O) groups excluding carboxylic acids is 2. The highest BCUT2D eigenvalue weighted by atomic mass is 16.5. The molecule has 0 atom stereocenters. The zero-order valence-corrected chi connectivity index (χ0v) is 19.9. The van der Waals surface area contributed by atoms with E-state index in [1.165, 1.54) is 5.56 Å². The Kier molecular flexibility index (Phi) is 8.50. The molecule has 0 spiro atoms. The van der Waals surface area contributed by atoms with E-state index in [9.17, 15) is 9.59 Å². The molecule has 2 N–H and O–H groups in total. The SMILES string of the molecule is CNC(=O)c1cn(CCCCc2ccc(NC(=O)Cc3cccc(C4CCOCC4)c3)nn2)nn1. The van der Waals surface area contributed by atoms with Gasteiger partial charge in [0.25, 0.3) is 5.91 Å². The third kappa shape index (κ3) is 7.16. The Morgan fingerprint density at radius 1 is 1.09 bits per heavy atom. The maximum Gasteiger partial charge on any atom is 0.273 e. The molecule has 10 nitrogen and oxygen atoms in total. The highest BCUT2D eigenvalue weighted by Gasteiger charge is 2.16. The van der Waals surface area contributed by atoms with Gasteiger partial charge in [-0.3, -0.25) is 14.3 Å². The molecule has 4 rings (SSSR count). The van der Waals surface area contributed by atoms with Crippen LogP contribution >= 0.6 is 0 Å². The van der Waals surface area contributed by atoms with Crippen molar-refractivity contribution in [2.75, 3.05) is 25.6 Å². The number of anilines is 1. The zero-order chi connectivity index (χ0) is 24.5. The number of unbranched alkanes of at least 4 members (excludes halogenated alkanes) is 1. The molecular formula is C25H31N7O3. The largest absolute Gasteiger partial charge is 0.381 e. The molecule has 0 bridgehead atoms. The number of aromatic nitrogens is 5. The molecule has 1 aromatic carbocycles. The lowest BCUT2D eigenvalue weighted by atomic mass is 9.90. The maximum atomic E-state index is 12.5. The molecule has 3 aromatic rings. The van der Waals surface area contributed by atoms with Crippen LogP contribution < -0.4 is 10.6 Å². The Bertz CT molecular complexity index is 1120. The molecule has 184 valence electrons. The van der Waals surface area contributed by atoms with Crippen LogP contribution in [0.5, 0.6) is 0 Å². The van der Waals surface area contributed by atoms with E-state index in [2.05, 4.69) is 43.3 Å². The van der Waals surface area contributed by atoms with Crippen LogP contribution in [0.3, 0.4) is 0 Å². The molecule has 0 radical (unpaired) electrons. The number of rotatable bonds is 10. The van der Waals surface area contributed by atoms with Gasteiger partial charge in [0, 0.05) is 26.8 Å². The second-order valence-electron chi connectivity index (χ2n) is 8.67. The van der Waals surface area contributed by atoms with Gasteiger partial charge in [0.05, 0.1) is 18.3 Å². The fourth-order valence-electron chi connectivity index (χ4n) is 4.14. The first-order valence-corrected chi connectivity index (χ1v) is 12.0. The van der Waals surface area contributed by atoms with Crippen molar-refractivity contribution in [1.82, 2.24) is 30.5 Å². The van der Waals surface area contributed by atoms with Gasteiger partial charge in [-0.05, 0) is 61.3 Å². The van der Waals surface area contributed by atoms with E-state index in [-0.39, 0.29) is 11.8 Å². The Balaban J connectivity index is 1.20. The highest BCUT2D eigenvalue weighted by Crippen LogP contribution is 2.27. The van der Waals surface area contributed by atoms with Gasteiger partial charge in [0.2, 0.25) is 5.91 Å². The van der Waals surface area contributed by atoms with Crippen molar-refractivity contribution < 1.29 is 14.3 Å². The Morgan fingerprint density at radius 3 is 2.71 bits per heavy atom. The Labute approximate surface area is 204 Å². The van der Waals surface area contributed by atoms with Crippen molar-refractivity contribution in [3.8, 4) is 0 Å². The van der Waals surface area contributed by atoms with Crippen molar-refractivity contribution in [2.45, 2.75) is 51.0 Å². The van der Waals surface area contributed by atoms with Crippen LogP contribution in [0.4, 0.5) is 5.82 Å². The number of nitrogens with one attached hydrogen (secondary N) is 2. The van der Waals surface area contributed by atoms with E-state index >= 15 is 0 Å².